The largest absolute Gasteiger partial charge is 0.497 e. The molecule has 0 bridgehead atoms. The lowest BCUT2D eigenvalue weighted by molar-refractivity contribution is 0.363. The first-order valence-electron chi connectivity index (χ1n) is 7.33. The molecule has 0 aromatic heterocycles. The van der Waals surface area contributed by atoms with Crippen LogP contribution in [-0.4, -0.2) is 13.2 Å². The highest BCUT2D eigenvalue weighted by Crippen LogP contribution is 2.40. The Morgan fingerprint density at radius 3 is 2.57 bits per heavy atom. The molecule has 2 aromatic rings. The van der Waals surface area contributed by atoms with Gasteiger partial charge in [-0.1, -0.05) is 18.2 Å². The van der Waals surface area contributed by atoms with Gasteiger partial charge in [0.15, 0.2) is 0 Å². The zero-order valence-electron chi connectivity index (χ0n) is 12.4. The average molecular weight is 285 g/mol. The molecular formula is C18H20FNO. The second kappa shape index (κ2) is 5.76. The number of hydrogen-bond acceptors (Lipinski definition) is 2. The Bertz CT molecular complexity index is 635. The Kier molecular flexibility index (Phi) is 3.82. The van der Waals surface area contributed by atoms with Crippen LogP contribution >= 0.6 is 0 Å². The second-order valence-corrected chi connectivity index (χ2v) is 5.71. The molecule has 1 aliphatic rings. The summed E-state index contributed by atoms with van der Waals surface area (Å²) in [6, 6.07) is 13.5. The molecule has 0 atom stereocenters. The third-order valence-corrected chi connectivity index (χ3v) is 4.28. The van der Waals surface area contributed by atoms with Gasteiger partial charge in [-0.2, -0.15) is 0 Å². The highest BCUT2D eigenvalue weighted by atomic mass is 19.1. The van der Waals surface area contributed by atoms with Gasteiger partial charge in [-0.15, -0.1) is 0 Å². The van der Waals surface area contributed by atoms with E-state index in [0.717, 1.165) is 29.8 Å². The van der Waals surface area contributed by atoms with Gasteiger partial charge in [0.05, 0.1) is 7.11 Å². The van der Waals surface area contributed by atoms with E-state index in [2.05, 4.69) is 12.2 Å². The van der Waals surface area contributed by atoms with Crippen molar-refractivity contribution >= 4 is 5.69 Å². The summed E-state index contributed by atoms with van der Waals surface area (Å²) in [5.41, 5.74) is 3.15. The minimum absolute atomic E-state index is 0.0819. The van der Waals surface area contributed by atoms with E-state index in [-0.39, 0.29) is 5.82 Å². The lowest BCUT2D eigenvalue weighted by Gasteiger charge is -2.37. The maximum atomic E-state index is 13.7. The van der Waals surface area contributed by atoms with Crippen LogP contribution in [-0.2, 0) is 0 Å². The molecule has 0 unspecified atom stereocenters. The van der Waals surface area contributed by atoms with Crippen LogP contribution in [0.1, 0.15) is 29.9 Å². The first kappa shape index (κ1) is 13.9. The van der Waals surface area contributed by atoms with Crippen LogP contribution in [0.5, 0.6) is 5.75 Å². The Morgan fingerprint density at radius 1 is 1.14 bits per heavy atom. The number of ether oxygens (including phenoxy) is 1. The standard InChI is InChI=1S/C18H20FNO/c1-12-9-15(21-2)7-8-18(12)20-14-10-13(11-14)16-5-3-4-6-17(16)19/h3-9,13-14,20H,10-11H2,1-2H3. The van der Waals surface area contributed by atoms with Gasteiger partial charge in [0.25, 0.3) is 0 Å². The summed E-state index contributed by atoms with van der Waals surface area (Å²) in [7, 11) is 1.67. The fourth-order valence-corrected chi connectivity index (χ4v) is 2.94. The molecule has 2 nitrogen and oxygen atoms in total. The third kappa shape index (κ3) is 2.87. The van der Waals surface area contributed by atoms with Gasteiger partial charge in [0, 0.05) is 11.7 Å². The van der Waals surface area contributed by atoms with E-state index in [0.29, 0.717) is 12.0 Å². The number of benzene rings is 2. The summed E-state index contributed by atoms with van der Waals surface area (Å²) in [6.45, 7) is 2.07. The number of hydrogen-bond donors (Lipinski definition) is 1. The number of anilines is 1. The molecule has 0 radical (unpaired) electrons. The first-order valence-corrected chi connectivity index (χ1v) is 7.33. The van der Waals surface area contributed by atoms with Crippen molar-refractivity contribution in [1.29, 1.82) is 0 Å². The smallest absolute Gasteiger partial charge is 0.126 e. The first-order chi connectivity index (χ1) is 10.2. The van der Waals surface area contributed by atoms with E-state index < -0.39 is 0 Å². The van der Waals surface area contributed by atoms with Gasteiger partial charge in [0.1, 0.15) is 11.6 Å². The highest BCUT2D eigenvalue weighted by Gasteiger charge is 2.31. The normalized spacial score (nSPS) is 20.7. The lowest BCUT2D eigenvalue weighted by atomic mass is 9.75. The summed E-state index contributed by atoms with van der Waals surface area (Å²) < 4.78 is 18.9. The molecule has 0 heterocycles. The Hall–Kier alpha value is -2.03. The molecule has 1 saturated carbocycles. The van der Waals surface area contributed by atoms with Gasteiger partial charge < -0.3 is 10.1 Å². The van der Waals surface area contributed by atoms with Crippen LogP contribution in [0.3, 0.4) is 0 Å². The number of methoxy groups -OCH3 is 1. The predicted octanol–water partition coefficient (Wildman–Crippen LogP) is 4.50. The number of rotatable bonds is 4. The fraction of sp³-hybridized carbons (Fsp3) is 0.333. The van der Waals surface area contributed by atoms with Crippen LogP contribution in [0.15, 0.2) is 42.5 Å². The van der Waals surface area contributed by atoms with Crippen LogP contribution in [0.25, 0.3) is 0 Å². The molecule has 3 heteroatoms. The van der Waals surface area contributed by atoms with Crippen LogP contribution < -0.4 is 10.1 Å². The molecule has 1 aliphatic carbocycles. The molecule has 3 rings (SSSR count). The number of nitrogens with one attached hydrogen (secondary N) is 1. The molecule has 110 valence electrons. The van der Waals surface area contributed by atoms with E-state index in [1.165, 1.54) is 5.56 Å². The SMILES string of the molecule is COc1ccc(NC2CC(c3ccccc3F)C2)c(C)c1. The Balaban J connectivity index is 1.61. The fourth-order valence-electron chi connectivity index (χ4n) is 2.94. The maximum absolute atomic E-state index is 13.7. The maximum Gasteiger partial charge on any atom is 0.126 e. The third-order valence-electron chi connectivity index (χ3n) is 4.28. The average Bonchev–Trinajstić information content (AvgIpc) is 2.45. The van der Waals surface area contributed by atoms with Crippen molar-refractivity contribution in [3.8, 4) is 5.75 Å². The van der Waals surface area contributed by atoms with Gasteiger partial charge in [-0.05, 0) is 61.1 Å². The van der Waals surface area contributed by atoms with Gasteiger partial charge >= 0.3 is 0 Å². The predicted molar refractivity (Wildman–Crippen MR) is 83.5 cm³/mol. The summed E-state index contributed by atoms with van der Waals surface area (Å²) >= 11 is 0. The van der Waals surface area contributed by atoms with E-state index >= 15 is 0 Å². The van der Waals surface area contributed by atoms with Crippen molar-refractivity contribution in [1.82, 2.24) is 0 Å². The zero-order chi connectivity index (χ0) is 14.8. The van der Waals surface area contributed by atoms with E-state index in [1.807, 2.05) is 30.3 Å². The molecule has 21 heavy (non-hydrogen) atoms. The Labute approximate surface area is 125 Å². The monoisotopic (exact) mass is 285 g/mol. The molecule has 2 aromatic carbocycles. The van der Waals surface area contributed by atoms with Crippen LogP contribution in [0.4, 0.5) is 10.1 Å². The summed E-state index contributed by atoms with van der Waals surface area (Å²) in [5, 5.41) is 3.54. The van der Waals surface area contributed by atoms with Crippen molar-refractivity contribution in [3.05, 3.63) is 59.4 Å². The summed E-state index contributed by atoms with van der Waals surface area (Å²) in [5.74, 6) is 1.12. The summed E-state index contributed by atoms with van der Waals surface area (Å²) in [6.07, 6.45) is 1.96. The quantitative estimate of drug-likeness (QED) is 0.893. The molecule has 1 N–H and O–H groups in total. The second-order valence-electron chi connectivity index (χ2n) is 5.71. The lowest BCUT2D eigenvalue weighted by Crippen LogP contribution is -2.34. The molecule has 0 aliphatic heterocycles. The van der Waals surface area contributed by atoms with Crippen molar-refractivity contribution in [3.63, 3.8) is 0 Å². The minimum atomic E-state index is -0.0819. The highest BCUT2D eigenvalue weighted by molar-refractivity contribution is 5.54. The van der Waals surface area contributed by atoms with Crippen molar-refractivity contribution in [2.45, 2.75) is 31.7 Å². The van der Waals surface area contributed by atoms with E-state index in [1.54, 1.807) is 19.2 Å². The van der Waals surface area contributed by atoms with Crippen LogP contribution in [0.2, 0.25) is 0 Å². The van der Waals surface area contributed by atoms with Gasteiger partial charge in [-0.25, -0.2) is 4.39 Å². The molecule has 0 saturated heterocycles. The van der Waals surface area contributed by atoms with Crippen LogP contribution in [0, 0.1) is 12.7 Å². The minimum Gasteiger partial charge on any atom is -0.497 e. The van der Waals surface area contributed by atoms with E-state index in [9.17, 15) is 4.39 Å². The molecular weight excluding hydrogens is 265 g/mol. The van der Waals surface area contributed by atoms with Crippen molar-refractivity contribution in [2.75, 3.05) is 12.4 Å². The molecule has 1 fully saturated rings. The van der Waals surface area contributed by atoms with Crippen molar-refractivity contribution in [2.24, 2.45) is 0 Å². The van der Waals surface area contributed by atoms with E-state index in [4.69, 9.17) is 4.74 Å². The molecule has 0 spiro atoms. The topological polar surface area (TPSA) is 21.3 Å². The number of halogens is 1. The zero-order valence-corrected chi connectivity index (χ0v) is 12.4. The van der Waals surface area contributed by atoms with Crippen molar-refractivity contribution < 1.29 is 9.13 Å². The Morgan fingerprint density at radius 2 is 1.90 bits per heavy atom. The summed E-state index contributed by atoms with van der Waals surface area (Å²) in [4.78, 5) is 0. The van der Waals surface area contributed by atoms with Gasteiger partial charge in [0.2, 0.25) is 0 Å². The molecule has 0 amide bonds. The number of aryl methyl sites for hydroxylation is 1. The van der Waals surface area contributed by atoms with Gasteiger partial charge in [-0.3, -0.25) is 0 Å².